The van der Waals surface area contributed by atoms with Gasteiger partial charge in [0.2, 0.25) is 0 Å². The molecule has 1 aromatic heterocycles. The fraction of sp³-hybridized carbons (Fsp3) is 0.400. The van der Waals surface area contributed by atoms with Gasteiger partial charge in [-0.25, -0.2) is 4.39 Å². The number of rotatable bonds is 8. The summed E-state index contributed by atoms with van der Waals surface area (Å²) < 4.78 is 19.4. The molecule has 28 heavy (non-hydrogen) atoms. The van der Waals surface area contributed by atoms with E-state index in [0.717, 1.165) is 26.2 Å². The van der Waals surface area contributed by atoms with Crippen LogP contribution in [0.15, 0.2) is 41.3 Å². The van der Waals surface area contributed by atoms with Crippen LogP contribution in [-0.2, 0) is 22.6 Å². The average molecular weight is 389 g/mol. The number of pyridine rings is 1. The van der Waals surface area contributed by atoms with Crippen LogP contribution in [0.3, 0.4) is 0 Å². The zero-order chi connectivity index (χ0) is 19.9. The van der Waals surface area contributed by atoms with Crippen molar-refractivity contribution in [1.82, 2.24) is 14.4 Å². The summed E-state index contributed by atoms with van der Waals surface area (Å²) in [5.74, 6) is -0.621. The zero-order valence-corrected chi connectivity index (χ0v) is 15.6. The number of carbonyl (C=O) groups is 1. The lowest BCUT2D eigenvalue weighted by Crippen LogP contribution is -2.46. The van der Waals surface area contributed by atoms with Crippen LogP contribution in [0.4, 0.5) is 4.39 Å². The standard InChI is InChI=1S/C20H24FN3O4/c21-18-3-1-2-16(12-18)13-24-5-4-17(19(26)20(24)27)14-23-8-6-22(7-9-23)10-11-28-15-25/h1-5,12,15,26H,6-11,13-14H2. The van der Waals surface area contributed by atoms with E-state index in [9.17, 15) is 19.1 Å². The molecule has 0 bridgehead atoms. The molecule has 2 heterocycles. The maximum absolute atomic E-state index is 13.3. The van der Waals surface area contributed by atoms with E-state index in [1.165, 1.54) is 16.7 Å². The van der Waals surface area contributed by atoms with Crippen LogP contribution in [0.1, 0.15) is 11.1 Å². The van der Waals surface area contributed by atoms with Gasteiger partial charge in [-0.15, -0.1) is 0 Å². The number of carbonyl (C=O) groups excluding carboxylic acids is 1. The van der Waals surface area contributed by atoms with Crippen molar-refractivity contribution in [3.8, 4) is 5.75 Å². The van der Waals surface area contributed by atoms with Gasteiger partial charge in [0.05, 0.1) is 6.54 Å². The van der Waals surface area contributed by atoms with E-state index in [2.05, 4.69) is 9.80 Å². The van der Waals surface area contributed by atoms with E-state index in [1.807, 2.05) is 0 Å². The van der Waals surface area contributed by atoms with Gasteiger partial charge in [-0.1, -0.05) is 12.1 Å². The molecule has 1 aliphatic rings. The summed E-state index contributed by atoms with van der Waals surface area (Å²) in [5.41, 5.74) is 0.758. The van der Waals surface area contributed by atoms with E-state index in [0.29, 0.717) is 37.3 Å². The summed E-state index contributed by atoms with van der Waals surface area (Å²) in [6.45, 7) is 5.49. The summed E-state index contributed by atoms with van der Waals surface area (Å²) >= 11 is 0. The minimum Gasteiger partial charge on any atom is -0.503 e. The minimum absolute atomic E-state index is 0.200. The molecule has 1 saturated heterocycles. The Morgan fingerprint density at radius 1 is 1.11 bits per heavy atom. The van der Waals surface area contributed by atoms with Crippen molar-refractivity contribution in [2.75, 3.05) is 39.3 Å². The highest BCUT2D eigenvalue weighted by molar-refractivity contribution is 5.36. The first-order valence-corrected chi connectivity index (χ1v) is 9.22. The molecule has 0 aliphatic carbocycles. The quantitative estimate of drug-likeness (QED) is 0.537. The molecule has 8 heteroatoms. The van der Waals surface area contributed by atoms with Crippen LogP contribution in [0.25, 0.3) is 0 Å². The molecule has 0 spiro atoms. The lowest BCUT2D eigenvalue weighted by molar-refractivity contribution is -0.129. The number of halogens is 1. The zero-order valence-electron chi connectivity index (χ0n) is 15.6. The number of ether oxygens (including phenoxy) is 1. The highest BCUT2D eigenvalue weighted by Gasteiger charge is 2.19. The first kappa shape index (κ1) is 20.0. The topological polar surface area (TPSA) is 75.0 Å². The monoisotopic (exact) mass is 389 g/mol. The molecule has 0 unspecified atom stereocenters. The number of nitrogens with zero attached hydrogens (tertiary/aromatic N) is 3. The van der Waals surface area contributed by atoms with Crippen LogP contribution >= 0.6 is 0 Å². The van der Waals surface area contributed by atoms with Crippen molar-refractivity contribution in [1.29, 1.82) is 0 Å². The van der Waals surface area contributed by atoms with E-state index < -0.39 is 5.56 Å². The van der Waals surface area contributed by atoms with E-state index in [1.54, 1.807) is 24.4 Å². The normalized spacial score (nSPS) is 15.5. The molecule has 2 aromatic rings. The minimum atomic E-state index is -0.480. The predicted molar refractivity (Wildman–Crippen MR) is 102 cm³/mol. The fourth-order valence-corrected chi connectivity index (χ4v) is 3.33. The Morgan fingerprint density at radius 3 is 2.57 bits per heavy atom. The van der Waals surface area contributed by atoms with Crippen molar-refractivity contribution in [3.63, 3.8) is 0 Å². The third kappa shape index (κ3) is 5.17. The summed E-state index contributed by atoms with van der Waals surface area (Å²) in [5, 5.41) is 10.3. The SMILES string of the molecule is O=COCCN1CCN(Cc2ccn(Cc3cccc(F)c3)c(=O)c2O)CC1. The maximum atomic E-state index is 13.3. The van der Waals surface area contributed by atoms with Crippen molar-refractivity contribution >= 4 is 6.47 Å². The summed E-state index contributed by atoms with van der Waals surface area (Å²) in [6, 6.07) is 7.79. The molecule has 150 valence electrons. The van der Waals surface area contributed by atoms with E-state index in [-0.39, 0.29) is 18.1 Å². The number of benzene rings is 1. The Balaban J connectivity index is 1.59. The second-order valence-corrected chi connectivity index (χ2v) is 6.84. The fourth-order valence-electron chi connectivity index (χ4n) is 3.33. The number of hydrogen-bond acceptors (Lipinski definition) is 6. The largest absolute Gasteiger partial charge is 0.503 e. The van der Waals surface area contributed by atoms with Crippen LogP contribution < -0.4 is 5.56 Å². The summed E-state index contributed by atoms with van der Waals surface area (Å²) in [7, 11) is 0. The second-order valence-electron chi connectivity index (χ2n) is 6.84. The van der Waals surface area contributed by atoms with Crippen molar-refractivity contribution in [3.05, 3.63) is 63.8 Å². The summed E-state index contributed by atoms with van der Waals surface area (Å²) in [6.07, 6.45) is 1.63. The van der Waals surface area contributed by atoms with Gasteiger partial charge in [-0.05, 0) is 23.8 Å². The maximum Gasteiger partial charge on any atom is 0.293 e. The van der Waals surface area contributed by atoms with Crippen molar-refractivity contribution in [2.45, 2.75) is 13.1 Å². The summed E-state index contributed by atoms with van der Waals surface area (Å²) in [4.78, 5) is 27.0. The third-order valence-electron chi connectivity index (χ3n) is 4.92. The first-order valence-electron chi connectivity index (χ1n) is 9.22. The number of aromatic nitrogens is 1. The highest BCUT2D eigenvalue weighted by atomic mass is 19.1. The van der Waals surface area contributed by atoms with E-state index in [4.69, 9.17) is 4.74 Å². The van der Waals surface area contributed by atoms with Gasteiger partial charge in [0.25, 0.3) is 12.0 Å². The van der Waals surface area contributed by atoms with Crippen molar-refractivity contribution < 1.29 is 19.0 Å². The Labute approximate surface area is 162 Å². The molecule has 1 fully saturated rings. The third-order valence-corrected chi connectivity index (χ3v) is 4.92. The van der Waals surface area contributed by atoms with Crippen LogP contribution in [0, 0.1) is 5.82 Å². The lowest BCUT2D eigenvalue weighted by atomic mass is 10.2. The van der Waals surface area contributed by atoms with E-state index >= 15 is 0 Å². The van der Waals surface area contributed by atoms with Gasteiger partial charge in [0.15, 0.2) is 5.75 Å². The lowest BCUT2D eigenvalue weighted by Gasteiger charge is -2.34. The smallest absolute Gasteiger partial charge is 0.293 e. The Hall–Kier alpha value is -2.71. The number of hydrogen-bond donors (Lipinski definition) is 1. The van der Waals surface area contributed by atoms with Crippen LogP contribution in [-0.4, -0.2) is 65.3 Å². The van der Waals surface area contributed by atoms with Gasteiger partial charge in [0.1, 0.15) is 12.4 Å². The molecule has 7 nitrogen and oxygen atoms in total. The van der Waals surface area contributed by atoms with Gasteiger partial charge in [-0.3, -0.25) is 19.4 Å². The predicted octanol–water partition coefficient (Wildman–Crippen LogP) is 1.03. The Kier molecular flexibility index (Phi) is 6.78. The van der Waals surface area contributed by atoms with Crippen molar-refractivity contribution in [2.24, 2.45) is 0 Å². The highest BCUT2D eigenvalue weighted by Crippen LogP contribution is 2.16. The molecule has 0 amide bonds. The molecule has 0 atom stereocenters. The second kappa shape index (κ2) is 9.48. The Bertz CT molecular complexity index is 863. The van der Waals surface area contributed by atoms with Gasteiger partial charge >= 0.3 is 0 Å². The molecular formula is C20H24FN3O4. The number of piperazine rings is 1. The molecular weight excluding hydrogens is 365 g/mol. The number of aromatic hydroxyl groups is 1. The molecule has 1 N–H and O–H groups in total. The molecule has 1 aromatic carbocycles. The van der Waals surface area contributed by atoms with Gasteiger partial charge in [0, 0.05) is 51.0 Å². The van der Waals surface area contributed by atoms with Crippen LogP contribution in [0.2, 0.25) is 0 Å². The van der Waals surface area contributed by atoms with Crippen LogP contribution in [0.5, 0.6) is 5.75 Å². The molecule has 0 radical (unpaired) electrons. The average Bonchev–Trinajstić information content (AvgIpc) is 2.69. The molecule has 1 aliphatic heterocycles. The first-order chi connectivity index (χ1) is 13.6. The molecule has 3 rings (SSSR count). The Morgan fingerprint density at radius 2 is 1.86 bits per heavy atom. The molecule has 0 saturated carbocycles. The van der Waals surface area contributed by atoms with Gasteiger partial charge < -0.3 is 14.4 Å². The van der Waals surface area contributed by atoms with Gasteiger partial charge in [-0.2, -0.15) is 0 Å².